The number of rotatable bonds is 4. The summed E-state index contributed by atoms with van der Waals surface area (Å²) >= 11 is 6.63. The number of phenolic OH excluding ortho intramolecular Hbond substituents is 1. The summed E-state index contributed by atoms with van der Waals surface area (Å²) in [5, 5.41) is 9.90. The Morgan fingerprint density at radius 1 is 1.19 bits per heavy atom. The van der Waals surface area contributed by atoms with Crippen LogP contribution in [0.5, 0.6) is 11.5 Å². The number of ether oxygens (including phenoxy) is 1. The van der Waals surface area contributed by atoms with E-state index in [2.05, 4.69) is 0 Å². The molecule has 0 aromatic heterocycles. The number of carbonyl (C=O) groups excluding carboxylic acids is 1. The normalized spacial score (nSPS) is 15.7. The van der Waals surface area contributed by atoms with Crippen molar-refractivity contribution in [2.24, 2.45) is 0 Å². The number of benzene rings is 2. The van der Waals surface area contributed by atoms with Crippen molar-refractivity contribution in [3.8, 4) is 11.5 Å². The molecule has 1 aliphatic rings. The molecule has 0 atom stereocenters. The molecule has 0 spiro atoms. The van der Waals surface area contributed by atoms with Gasteiger partial charge in [-0.05, 0) is 48.0 Å². The number of nitrogens with zero attached hydrogens (tertiary/aromatic N) is 2. The lowest BCUT2D eigenvalue weighted by Gasteiger charge is -2.17. The van der Waals surface area contributed by atoms with E-state index in [-0.39, 0.29) is 11.7 Å². The van der Waals surface area contributed by atoms with Gasteiger partial charge in [-0.1, -0.05) is 30.0 Å². The van der Waals surface area contributed by atoms with Gasteiger partial charge in [0.2, 0.25) is 0 Å². The molecule has 134 valence electrons. The molecule has 0 unspecified atom stereocenters. The predicted octanol–water partition coefficient (Wildman–Crippen LogP) is 3.87. The van der Waals surface area contributed by atoms with Crippen molar-refractivity contribution in [2.45, 2.75) is 0 Å². The summed E-state index contributed by atoms with van der Waals surface area (Å²) in [4.78, 5) is 16.8. The summed E-state index contributed by atoms with van der Waals surface area (Å²) in [6.07, 6.45) is 1.71. The first-order valence-corrected chi connectivity index (χ1v) is 9.05. The minimum absolute atomic E-state index is 0.0241. The number of aromatic hydroxyl groups is 1. The Morgan fingerprint density at radius 3 is 2.46 bits per heavy atom. The van der Waals surface area contributed by atoms with E-state index in [0.717, 1.165) is 11.4 Å². The number of hydrogen-bond acceptors (Lipinski definition) is 6. The van der Waals surface area contributed by atoms with Crippen LogP contribution < -0.4 is 14.5 Å². The number of thiocarbonyl (C=S) groups is 1. The maximum Gasteiger partial charge on any atom is 0.270 e. The highest BCUT2D eigenvalue weighted by atomic mass is 32.2. The van der Waals surface area contributed by atoms with Crippen molar-refractivity contribution in [2.75, 3.05) is 31.0 Å². The highest BCUT2D eigenvalue weighted by Crippen LogP contribution is 2.37. The summed E-state index contributed by atoms with van der Waals surface area (Å²) in [5.41, 5.74) is 2.48. The number of methoxy groups -OCH3 is 1. The van der Waals surface area contributed by atoms with Gasteiger partial charge < -0.3 is 14.7 Å². The van der Waals surface area contributed by atoms with Crippen molar-refractivity contribution >= 4 is 51.7 Å². The summed E-state index contributed by atoms with van der Waals surface area (Å²) in [7, 11) is 5.41. The van der Waals surface area contributed by atoms with Gasteiger partial charge in [-0.2, -0.15) is 0 Å². The molecule has 0 saturated carbocycles. The second-order valence-corrected chi connectivity index (χ2v) is 7.53. The molecule has 0 bridgehead atoms. The van der Waals surface area contributed by atoms with Gasteiger partial charge >= 0.3 is 0 Å². The van der Waals surface area contributed by atoms with Gasteiger partial charge in [0.05, 0.1) is 17.7 Å². The van der Waals surface area contributed by atoms with Crippen LogP contribution in [0.3, 0.4) is 0 Å². The molecule has 3 rings (SSSR count). The molecule has 26 heavy (non-hydrogen) atoms. The molecule has 2 aromatic rings. The summed E-state index contributed by atoms with van der Waals surface area (Å²) in [6.45, 7) is 0. The van der Waals surface area contributed by atoms with E-state index < -0.39 is 0 Å². The van der Waals surface area contributed by atoms with Gasteiger partial charge in [0.15, 0.2) is 15.8 Å². The zero-order chi connectivity index (χ0) is 18.8. The number of hydrogen-bond donors (Lipinski definition) is 1. The number of anilines is 2. The molecule has 5 nitrogen and oxygen atoms in total. The average Bonchev–Trinajstić information content (AvgIpc) is 2.89. The minimum Gasteiger partial charge on any atom is -0.504 e. The van der Waals surface area contributed by atoms with Gasteiger partial charge in [-0.3, -0.25) is 9.69 Å². The molecule has 0 radical (unpaired) electrons. The smallest absolute Gasteiger partial charge is 0.270 e. The Hall–Kier alpha value is -2.51. The predicted molar refractivity (Wildman–Crippen MR) is 111 cm³/mol. The van der Waals surface area contributed by atoms with Gasteiger partial charge in [0.1, 0.15) is 0 Å². The number of thioether (sulfide) groups is 1. The van der Waals surface area contributed by atoms with Gasteiger partial charge in [0.25, 0.3) is 5.91 Å². The van der Waals surface area contributed by atoms with E-state index in [9.17, 15) is 9.90 Å². The Kier molecular flexibility index (Phi) is 5.20. The SMILES string of the molecule is COc1ccc(C=C2SC(=S)N(c3ccc(N(C)C)cc3)C2=O)cc1O. The van der Waals surface area contributed by atoms with Crippen LogP contribution in [0, 0.1) is 0 Å². The molecular weight excluding hydrogens is 368 g/mol. The van der Waals surface area contributed by atoms with Crippen LogP contribution in [0.15, 0.2) is 47.4 Å². The van der Waals surface area contributed by atoms with Crippen LogP contribution in [0.1, 0.15) is 5.56 Å². The van der Waals surface area contributed by atoms with E-state index >= 15 is 0 Å². The van der Waals surface area contributed by atoms with Crippen LogP contribution >= 0.6 is 24.0 Å². The van der Waals surface area contributed by atoms with E-state index in [0.29, 0.717) is 20.5 Å². The van der Waals surface area contributed by atoms with Crippen LogP contribution in [-0.4, -0.2) is 36.5 Å². The third kappa shape index (κ3) is 3.54. The minimum atomic E-state index is -0.173. The van der Waals surface area contributed by atoms with Crippen LogP contribution in [0.4, 0.5) is 11.4 Å². The summed E-state index contributed by atoms with van der Waals surface area (Å²) < 4.78 is 5.52. The fourth-order valence-corrected chi connectivity index (χ4v) is 3.84. The van der Waals surface area contributed by atoms with Gasteiger partial charge in [0, 0.05) is 19.8 Å². The number of phenols is 1. The highest BCUT2D eigenvalue weighted by Gasteiger charge is 2.33. The first-order valence-electron chi connectivity index (χ1n) is 7.83. The van der Waals surface area contributed by atoms with Crippen molar-refractivity contribution in [3.05, 3.63) is 52.9 Å². The van der Waals surface area contributed by atoms with Crippen LogP contribution in [-0.2, 0) is 4.79 Å². The molecule has 2 aromatic carbocycles. The molecule has 1 aliphatic heterocycles. The largest absolute Gasteiger partial charge is 0.504 e. The molecule has 1 N–H and O–H groups in total. The molecule has 1 fully saturated rings. The second-order valence-electron chi connectivity index (χ2n) is 5.86. The fourth-order valence-electron chi connectivity index (χ4n) is 2.54. The lowest BCUT2D eigenvalue weighted by Crippen LogP contribution is -2.27. The Labute approximate surface area is 161 Å². The fraction of sp³-hybridized carbons (Fsp3) is 0.158. The lowest BCUT2D eigenvalue weighted by molar-refractivity contribution is -0.113. The van der Waals surface area contributed by atoms with Gasteiger partial charge in [-0.15, -0.1) is 0 Å². The van der Waals surface area contributed by atoms with E-state index in [1.54, 1.807) is 24.3 Å². The van der Waals surface area contributed by atoms with E-state index in [1.807, 2.05) is 43.3 Å². The monoisotopic (exact) mass is 386 g/mol. The standard InChI is InChI=1S/C19H18N2O3S2/c1-20(2)13-5-7-14(8-6-13)21-18(23)17(26-19(21)25)11-12-4-9-16(24-3)15(22)10-12/h4-11,22H,1-3H3. The third-order valence-electron chi connectivity index (χ3n) is 3.92. The van der Waals surface area contributed by atoms with E-state index in [4.69, 9.17) is 17.0 Å². The number of amides is 1. The summed E-state index contributed by atoms with van der Waals surface area (Å²) in [5.74, 6) is 0.236. The molecule has 1 amide bonds. The quantitative estimate of drug-likeness (QED) is 0.636. The van der Waals surface area contributed by atoms with Crippen molar-refractivity contribution < 1.29 is 14.6 Å². The maximum atomic E-state index is 12.8. The molecular formula is C19H18N2O3S2. The highest BCUT2D eigenvalue weighted by molar-refractivity contribution is 8.27. The third-order valence-corrected chi connectivity index (χ3v) is 5.22. The van der Waals surface area contributed by atoms with Crippen molar-refractivity contribution in [3.63, 3.8) is 0 Å². The Morgan fingerprint density at radius 2 is 1.88 bits per heavy atom. The Bertz CT molecular complexity index is 892. The first-order chi connectivity index (χ1) is 12.4. The zero-order valence-corrected chi connectivity index (χ0v) is 16.2. The average molecular weight is 386 g/mol. The van der Waals surface area contributed by atoms with Gasteiger partial charge in [-0.25, -0.2) is 0 Å². The zero-order valence-electron chi connectivity index (χ0n) is 14.6. The summed E-state index contributed by atoms with van der Waals surface area (Å²) in [6, 6.07) is 12.6. The number of carbonyl (C=O) groups is 1. The van der Waals surface area contributed by atoms with E-state index in [1.165, 1.54) is 23.8 Å². The first kappa shape index (κ1) is 18.3. The second kappa shape index (κ2) is 7.39. The Balaban J connectivity index is 1.87. The lowest BCUT2D eigenvalue weighted by atomic mass is 10.2. The topological polar surface area (TPSA) is 53.0 Å². The van der Waals surface area contributed by atoms with Crippen molar-refractivity contribution in [1.29, 1.82) is 0 Å². The van der Waals surface area contributed by atoms with Crippen molar-refractivity contribution in [1.82, 2.24) is 0 Å². The molecule has 7 heteroatoms. The van der Waals surface area contributed by atoms with Crippen LogP contribution in [0.25, 0.3) is 6.08 Å². The molecule has 1 heterocycles. The molecule has 1 saturated heterocycles. The maximum absolute atomic E-state index is 12.8. The molecule has 0 aliphatic carbocycles. The van der Waals surface area contributed by atoms with Crippen LogP contribution in [0.2, 0.25) is 0 Å².